The Balaban J connectivity index is 3.05. The molecular weight excluding hydrogens is 386 g/mol. The Morgan fingerprint density at radius 2 is 1.97 bits per heavy atom. The molecule has 1 aromatic carbocycles. The lowest BCUT2D eigenvalue weighted by Crippen LogP contribution is -2.48. The first-order chi connectivity index (χ1) is 13.6. The lowest BCUT2D eigenvalue weighted by molar-refractivity contribution is -0.207. The molecule has 0 spiro atoms. The average molecular weight is 422 g/mol. The molecule has 0 aliphatic heterocycles. The number of allylic oxidation sites excluding steroid dienone is 1. The maximum Gasteiger partial charge on any atom is 0.444 e. The number of carbonyl (C=O) groups is 2. The molecule has 0 aromatic heterocycles. The second-order valence-electron chi connectivity index (χ2n) is 7.65. The zero-order valence-electron chi connectivity index (χ0n) is 18.6. The van der Waals surface area contributed by atoms with Crippen LogP contribution in [-0.4, -0.2) is 35.2 Å². The largest absolute Gasteiger partial charge is 0.448 e. The minimum absolute atomic E-state index is 0.192. The number of thioether (sulfide) groups is 1. The second kappa shape index (κ2) is 11.9. The van der Waals surface area contributed by atoms with Crippen LogP contribution in [0.25, 0.3) is 5.57 Å². The van der Waals surface area contributed by atoms with Crippen molar-refractivity contribution in [3.63, 3.8) is 0 Å². The van der Waals surface area contributed by atoms with E-state index in [0.717, 1.165) is 40.4 Å². The average Bonchev–Trinajstić information content (AvgIpc) is 2.69. The minimum Gasteiger partial charge on any atom is -0.448 e. The van der Waals surface area contributed by atoms with E-state index in [1.54, 1.807) is 18.7 Å². The van der Waals surface area contributed by atoms with E-state index in [0.29, 0.717) is 5.75 Å². The molecule has 0 fully saturated rings. The van der Waals surface area contributed by atoms with Crippen LogP contribution in [0.2, 0.25) is 0 Å². The van der Waals surface area contributed by atoms with Gasteiger partial charge in [-0.25, -0.2) is 9.59 Å². The maximum atomic E-state index is 12.7. The van der Waals surface area contributed by atoms with Gasteiger partial charge < -0.3 is 9.57 Å². The Hall–Kier alpha value is -1.95. The van der Waals surface area contributed by atoms with Crippen LogP contribution in [-0.2, 0) is 19.9 Å². The van der Waals surface area contributed by atoms with Crippen molar-refractivity contribution in [2.24, 2.45) is 5.92 Å². The summed E-state index contributed by atoms with van der Waals surface area (Å²) in [7, 11) is 0. The molecule has 1 atom stereocenters. The number of unbranched alkanes of at least 4 members (excludes halogenated alkanes) is 1. The van der Waals surface area contributed by atoms with Crippen molar-refractivity contribution in [1.29, 1.82) is 0 Å². The topological polar surface area (TPSA) is 55.8 Å². The highest BCUT2D eigenvalue weighted by Gasteiger charge is 2.38. The standard InChI is InChI=1S/C23H35NO4S/c1-8-10-14-29-16-18(5)21(25)28-24(22(26)27-9-2)23(6,7)20-13-11-12-19(15-20)17(3)4/h11-13,15,18H,3,8-10,14,16H2,1-2,4-7H3. The van der Waals surface area contributed by atoms with Gasteiger partial charge in [0.15, 0.2) is 0 Å². The third kappa shape index (κ3) is 7.42. The highest BCUT2D eigenvalue weighted by Crippen LogP contribution is 2.31. The second-order valence-corrected chi connectivity index (χ2v) is 8.80. The summed E-state index contributed by atoms with van der Waals surface area (Å²) in [5, 5.41) is 1.06. The fourth-order valence-electron chi connectivity index (χ4n) is 2.60. The summed E-state index contributed by atoms with van der Waals surface area (Å²) in [4.78, 5) is 30.9. The van der Waals surface area contributed by atoms with Crippen LogP contribution in [0.5, 0.6) is 0 Å². The number of hydrogen-bond acceptors (Lipinski definition) is 5. The molecule has 29 heavy (non-hydrogen) atoms. The van der Waals surface area contributed by atoms with Crippen molar-refractivity contribution in [2.75, 3.05) is 18.1 Å². The fourth-order valence-corrected chi connectivity index (χ4v) is 3.75. The molecule has 5 nitrogen and oxygen atoms in total. The van der Waals surface area contributed by atoms with Crippen molar-refractivity contribution in [2.45, 2.75) is 59.9 Å². The van der Waals surface area contributed by atoms with Gasteiger partial charge >= 0.3 is 12.1 Å². The Bertz CT molecular complexity index is 702. The Labute approximate surface area is 179 Å². The van der Waals surface area contributed by atoms with Crippen molar-refractivity contribution in [3.8, 4) is 0 Å². The van der Waals surface area contributed by atoms with Crippen LogP contribution in [0.15, 0.2) is 30.8 Å². The van der Waals surface area contributed by atoms with Gasteiger partial charge in [-0.3, -0.25) is 0 Å². The zero-order valence-corrected chi connectivity index (χ0v) is 19.4. The zero-order chi connectivity index (χ0) is 22.0. The van der Waals surface area contributed by atoms with Crippen LogP contribution >= 0.6 is 11.8 Å². The molecule has 1 amide bonds. The SMILES string of the molecule is C=C(C)c1cccc(C(C)(C)N(OC(=O)C(C)CSCCCC)C(=O)OCC)c1. The number of ether oxygens (including phenoxy) is 1. The van der Waals surface area contributed by atoms with Crippen molar-refractivity contribution >= 4 is 29.4 Å². The van der Waals surface area contributed by atoms with Crippen LogP contribution in [0, 0.1) is 5.92 Å². The molecule has 162 valence electrons. The Kier molecular flexibility index (Phi) is 10.3. The number of hydroxylamine groups is 2. The first-order valence-corrected chi connectivity index (χ1v) is 11.3. The van der Waals surface area contributed by atoms with E-state index in [4.69, 9.17) is 9.57 Å². The molecule has 1 aromatic rings. The quantitative estimate of drug-likeness (QED) is 0.340. The minimum atomic E-state index is -0.914. The highest BCUT2D eigenvalue weighted by molar-refractivity contribution is 7.99. The van der Waals surface area contributed by atoms with E-state index in [-0.39, 0.29) is 12.5 Å². The predicted octanol–water partition coefficient (Wildman–Crippen LogP) is 6.04. The van der Waals surface area contributed by atoms with Crippen molar-refractivity contribution < 1.29 is 19.2 Å². The monoisotopic (exact) mass is 421 g/mol. The van der Waals surface area contributed by atoms with Gasteiger partial charge in [0.1, 0.15) is 5.54 Å². The Morgan fingerprint density at radius 3 is 2.55 bits per heavy atom. The van der Waals surface area contributed by atoms with E-state index in [9.17, 15) is 9.59 Å². The van der Waals surface area contributed by atoms with Crippen LogP contribution < -0.4 is 0 Å². The molecule has 1 unspecified atom stereocenters. The van der Waals surface area contributed by atoms with Crippen LogP contribution in [0.1, 0.15) is 65.5 Å². The molecule has 0 heterocycles. The first-order valence-electron chi connectivity index (χ1n) is 10.2. The van der Waals surface area contributed by atoms with E-state index in [2.05, 4.69) is 13.5 Å². The predicted molar refractivity (Wildman–Crippen MR) is 121 cm³/mol. The number of benzene rings is 1. The number of hydrogen-bond donors (Lipinski definition) is 0. The molecule has 1 rings (SSSR count). The molecule has 0 radical (unpaired) electrons. The van der Waals surface area contributed by atoms with Crippen molar-refractivity contribution in [3.05, 3.63) is 42.0 Å². The van der Waals surface area contributed by atoms with Gasteiger partial charge in [-0.2, -0.15) is 11.8 Å². The normalized spacial score (nSPS) is 12.2. The summed E-state index contributed by atoms with van der Waals surface area (Å²) in [5.74, 6) is 0.896. The molecule has 0 N–H and O–H groups in total. The van der Waals surface area contributed by atoms with E-state index >= 15 is 0 Å². The van der Waals surface area contributed by atoms with Gasteiger partial charge in [0.05, 0.1) is 12.5 Å². The van der Waals surface area contributed by atoms with E-state index in [1.165, 1.54) is 0 Å². The van der Waals surface area contributed by atoms with Crippen LogP contribution in [0.3, 0.4) is 0 Å². The van der Waals surface area contributed by atoms with Gasteiger partial charge in [-0.05, 0) is 57.1 Å². The first kappa shape index (κ1) is 25.1. The van der Waals surface area contributed by atoms with Gasteiger partial charge in [0.25, 0.3) is 0 Å². The molecule has 0 aliphatic rings. The summed E-state index contributed by atoms with van der Waals surface area (Å²) in [6.07, 6.45) is 1.56. The molecule has 0 saturated heterocycles. The third-order valence-corrected chi connectivity index (χ3v) is 5.91. The summed E-state index contributed by atoms with van der Waals surface area (Å²) in [6.45, 7) is 15.4. The molecule has 0 saturated carbocycles. The van der Waals surface area contributed by atoms with Gasteiger partial charge in [-0.1, -0.05) is 50.6 Å². The maximum absolute atomic E-state index is 12.7. The van der Waals surface area contributed by atoms with Crippen molar-refractivity contribution in [1.82, 2.24) is 5.06 Å². The smallest absolute Gasteiger partial charge is 0.444 e. The summed E-state index contributed by atoms with van der Waals surface area (Å²) in [5.41, 5.74) is 1.79. The van der Waals surface area contributed by atoms with E-state index < -0.39 is 17.6 Å². The molecule has 0 aliphatic carbocycles. The summed E-state index contributed by atoms with van der Waals surface area (Å²) in [6, 6.07) is 7.71. The molecule has 6 heteroatoms. The Morgan fingerprint density at radius 1 is 1.28 bits per heavy atom. The van der Waals surface area contributed by atoms with Crippen LogP contribution in [0.4, 0.5) is 4.79 Å². The number of carbonyl (C=O) groups excluding carboxylic acids is 2. The number of nitrogens with zero attached hydrogens (tertiary/aromatic N) is 1. The fraction of sp³-hybridized carbons (Fsp3) is 0.565. The van der Waals surface area contributed by atoms with Gasteiger partial charge in [0, 0.05) is 5.75 Å². The highest BCUT2D eigenvalue weighted by atomic mass is 32.2. The van der Waals surface area contributed by atoms with E-state index in [1.807, 2.05) is 52.0 Å². The lowest BCUT2D eigenvalue weighted by atomic mass is 9.91. The number of rotatable bonds is 10. The third-order valence-electron chi connectivity index (χ3n) is 4.60. The summed E-state index contributed by atoms with van der Waals surface area (Å²) >= 11 is 1.72. The van der Waals surface area contributed by atoms with Gasteiger partial charge in [0.2, 0.25) is 0 Å². The number of amides is 1. The van der Waals surface area contributed by atoms with Gasteiger partial charge in [-0.15, -0.1) is 5.06 Å². The molecule has 0 bridgehead atoms. The molecular formula is C23H35NO4S. The lowest BCUT2D eigenvalue weighted by Gasteiger charge is -2.36. The summed E-state index contributed by atoms with van der Waals surface area (Å²) < 4.78 is 5.17.